The van der Waals surface area contributed by atoms with Gasteiger partial charge in [-0.15, -0.1) is 0 Å². The van der Waals surface area contributed by atoms with Crippen LogP contribution >= 0.6 is 0 Å². The second kappa shape index (κ2) is 6.80. The molecule has 1 saturated heterocycles. The minimum atomic E-state index is 0.583. The summed E-state index contributed by atoms with van der Waals surface area (Å²) in [6.07, 6.45) is 1.28. The summed E-state index contributed by atoms with van der Waals surface area (Å²) in [5.41, 5.74) is 1.32. The molecule has 1 heterocycles. The molecular formula is C16H26N2O. The number of nitrogens with one attached hydrogen (secondary N) is 1. The summed E-state index contributed by atoms with van der Waals surface area (Å²) < 4.78 is 5.48. The predicted octanol–water partition coefficient (Wildman–Crippen LogP) is 2.91. The van der Waals surface area contributed by atoms with E-state index in [4.69, 9.17) is 4.74 Å². The van der Waals surface area contributed by atoms with Crippen LogP contribution in [0.4, 0.5) is 5.69 Å². The Morgan fingerprint density at radius 1 is 1.32 bits per heavy atom. The average molecular weight is 262 g/mol. The largest absolute Gasteiger partial charge is 0.494 e. The van der Waals surface area contributed by atoms with Gasteiger partial charge in [0.2, 0.25) is 0 Å². The van der Waals surface area contributed by atoms with E-state index < -0.39 is 0 Å². The lowest BCUT2D eigenvalue weighted by Crippen LogP contribution is -2.30. The lowest BCUT2D eigenvalue weighted by molar-refractivity contribution is 0.340. The molecule has 0 amide bonds. The van der Waals surface area contributed by atoms with Gasteiger partial charge in [0.05, 0.1) is 6.61 Å². The highest BCUT2D eigenvalue weighted by Crippen LogP contribution is 2.25. The summed E-state index contributed by atoms with van der Waals surface area (Å²) in [5.74, 6) is 1.73. The first-order chi connectivity index (χ1) is 9.19. The summed E-state index contributed by atoms with van der Waals surface area (Å²) in [6.45, 7) is 10.6. The molecule has 106 valence electrons. The quantitative estimate of drug-likeness (QED) is 0.853. The van der Waals surface area contributed by atoms with Crippen LogP contribution in [0.25, 0.3) is 0 Å². The number of ether oxygens (including phenoxy) is 1. The van der Waals surface area contributed by atoms with E-state index in [0.29, 0.717) is 6.04 Å². The average Bonchev–Trinajstić information content (AvgIpc) is 2.86. The van der Waals surface area contributed by atoms with Crippen molar-refractivity contribution >= 4 is 5.69 Å². The van der Waals surface area contributed by atoms with Gasteiger partial charge in [0.15, 0.2) is 0 Å². The molecule has 2 rings (SSSR count). The topological polar surface area (TPSA) is 24.5 Å². The van der Waals surface area contributed by atoms with Crippen LogP contribution in [0.3, 0.4) is 0 Å². The number of benzene rings is 1. The van der Waals surface area contributed by atoms with Gasteiger partial charge in [0.1, 0.15) is 5.75 Å². The van der Waals surface area contributed by atoms with Crippen LogP contribution in [-0.4, -0.2) is 32.3 Å². The van der Waals surface area contributed by atoms with Crippen molar-refractivity contribution in [3.05, 3.63) is 24.3 Å². The van der Waals surface area contributed by atoms with E-state index in [0.717, 1.165) is 31.4 Å². The van der Waals surface area contributed by atoms with Gasteiger partial charge in [-0.2, -0.15) is 0 Å². The zero-order valence-corrected chi connectivity index (χ0v) is 12.4. The van der Waals surface area contributed by atoms with E-state index >= 15 is 0 Å². The van der Waals surface area contributed by atoms with Crippen molar-refractivity contribution in [2.45, 2.75) is 33.2 Å². The molecule has 1 fully saturated rings. The van der Waals surface area contributed by atoms with Crippen molar-refractivity contribution in [1.82, 2.24) is 5.32 Å². The molecule has 1 aliphatic heterocycles. The van der Waals surface area contributed by atoms with E-state index in [-0.39, 0.29) is 0 Å². The van der Waals surface area contributed by atoms with Crippen LogP contribution in [-0.2, 0) is 0 Å². The fraction of sp³-hybridized carbons (Fsp3) is 0.625. The molecule has 1 unspecified atom stereocenters. The van der Waals surface area contributed by atoms with Crippen LogP contribution in [0.2, 0.25) is 0 Å². The van der Waals surface area contributed by atoms with Crippen molar-refractivity contribution in [2.24, 2.45) is 5.92 Å². The fourth-order valence-corrected chi connectivity index (χ4v) is 2.56. The van der Waals surface area contributed by atoms with Gasteiger partial charge in [-0.05, 0) is 50.1 Å². The maximum Gasteiger partial charge on any atom is 0.119 e. The lowest BCUT2D eigenvalue weighted by Gasteiger charge is -2.19. The number of rotatable bonds is 6. The Morgan fingerprint density at radius 3 is 2.68 bits per heavy atom. The van der Waals surface area contributed by atoms with Crippen LogP contribution in [0.1, 0.15) is 27.2 Å². The second-order valence-electron chi connectivity index (χ2n) is 5.59. The fourth-order valence-electron chi connectivity index (χ4n) is 2.56. The Bertz CT molecular complexity index is 375. The molecule has 0 spiro atoms. The van der Waals surface area contributed by atoms with E-state index in [1.54, 1.807) is 0 Å². The minimum absolute atomic E-state index is 0.583. The molecule has 3 nitrogen and oxygen atoms in total. The second-order valence-corrected chi connectivity index (χ2v) is 5.59. The standard InChI is InChI=1S/C16H26N2O/c1-4-19-16-7-5-15(6-8-16)18-10-9-14(12-18)11-17-13(2)3/h5-8,13-14,17H,4,9-12H2,1-3H3. The van der Waals surface area contributed by atoms with E-state index in [1.165, 1.54) is 18.7 Å². The molecular weight excluding hydrogens is 236 g/mol. The monoisotopic (exact) mass is 262 g/mol. The third-order valence-electron chi connectivity index (χ3n) is 3.61. The summed E-state index contributed by atoms with van der Waals surface area (Å²) in [6, 6.07) is 9.06. The highest BCUT2D eigenvalue weighted by Gasteiger charge is 2.22. The Hall–Kier alpha value is -1.22. The molecule has 0 aliphatic carbocycles. The van der Waals surface area contributed by atoms with E-state index in [2.05, 4.69) is 48.3 Å². The summed E-state index contributed by atoms with van der Waals surface area (Å²) >= 11 is 0. The summed E-state index contributed by atoms with van der Waals surface area (Å²) in [7, 11) is 0. The molecule has 0 bridgehead atoms. The van der Waals surface area contributed by atoms with Crippen molar-refractivity contribution in [3.8, 4) is 5.75 Å². The van der Waals surface area contributed by atoms with Gasteiger partial charge in [-0.25, -0.2) is 0 Å². The van der Waals surface area contributed by atoms with Gasteiger partial charge < -0.3 is 15.0 Å². The molecule has 1 aliphatic rings. The van der Waals surface area contributed by atoms with Crippen LogP contribution in [0.15, 0.2) is 24.3 Å². The smallest absolute Gasteiger partial charge is 0.119 e. The first-order valence-electron chi connectivity index (χ1n) is 7.40. The van der Waals surface area contributed by atoms with Crippen molar-refractivity contribution in [2.75, 3.05) is 31.1 Å². The molecule has 1 atom stereocenters. The molecule has 1 aromatic rings. The van der Waals surface area contributed by atoms with Gasteiger partial charge in [0.25, 0.3) is 0 Å². The summed E-state index contributed by atoms with van der Waals surface area (Å²) in [5, 5.41) is 3.54. The lowest BCUT2D eigenvalue weighted by atomic mass is 10.1. The van der Waals surface area contributed by atoms with Crippen LogP contribution < -0.4 is 15.0 Å². The minimum Gasteiger partial charge on any atom is -0.494 e. The third kappa shape index (κ3) is 4.13. The van der Waals surface area contributed by atoms with E-state index in [1.807, 2.05) is 6.92 Å². The summed E-state index contributed by atoms with van der Waals surface area (Å²) in [4.78, 5) is 2.47. The van der Waals surface area contributed by atoms with Gasteiger partial charge in [-0.1, -0.05) is 13.8 Å². The van der Waals surface area contributed by atoms with Crippen molar-refractivity contribution in [3.63, 3.8) is 0 Å². The first-order valence-corrected chi connectivity index (χ1v) is 7.40. The SMILES string of the molecule is CCOc1ccc(N2CCC(CNC(C)C)C2)cc1. The zero-order chi connectivity index (χ0) is 13.7. The number of hydrogen-bond donors (Lipinski definition) is 1. The maximum absolute atomic E-state index is 5.48. The predicted molar refractivity (Wildman–Crippen MR) is 81.1 cm³/mol. The highest BCUT2D eigenvalue weighted by molar-refractivity contribution is 5.49. The molecule has 0 saturated carbocycles. The van der Waals surface area contributed by atoms with Gasteiger partial charge in [0, 0.05) is 24.8 Å². The molecule has 1 N–H and O–H groups in total. The normalized spacial score (nSPS) is 19.2. The third-order valence-corrected chi connectivity index (χ3v) is 3.61. The maximum atomic E-state index is 5.48. The Balaban J connectivity index is 1.86. The Morgan fingerprint density at radius 2 is 2.05 bits per heavy atom. The molecule has 3 heteroatoms. The van der Waals surface area contributed by atoms with Crippen molar-refractivity contribution < 1.29 is 4.74 Å². The van der Waals surface area contributed by atoms with E-state index in [9.17, 15) is 0 Å². The van der Waals surface area contributed by atoms with Crippen LogP contribution in [0, 0.1) is 5.92 Å². The Labute approximate surface area is 116 Å². The van der Waals surface area contributed by atoms with Crippen molar-refractivity contribution in [1.29, 1.82) is 0 Å². The molecule has 1 aromatic carbocycles. The van der Waals surface area contributed by atoms with Gasteiger partial charge >= 0.3 is 0 Å². The molecule has 0 radical (unpaired) electrons. The molecule has 19 heavy (non-hydrogen) atoms. The first kappa shape index (κ1) is 14.2. The zero-order valence-electron chi connectivity index (χ0n) is 12.4. The number of anilines is 1. The number of nitrogens with zero attached hydrogens (tertiary/aromatic N) is 1. The van der Waals surface area contributed by atoms with Gasteiger partial charge in [-0.3, -0.25) is 0 Å². The molecule has 0 aromatic heterocycles. The number of hydrogen-bond acceptors (Lipinski definition) is 3. The Kier molecular flexibility index (Phi) is 5.08. The highest BCUT2D eigenvalue weighted by atomic mass is 16.5. The van der Waals surface area contributed by atoms with Crippen LogP contribution in [0.5, 0.6) is 5.75 Å².